The van der Waals surface area contributed by atoms with Gasteiger partial charge >= 0.3 is 0 Å². The van der Waals surface area contributed by atoms with Crippen LogP contribution >= 0.6 is 0 Å². The van der Waals surface area contributed by atoms with Crippen molar-refractivity contribution in [3.05, 3.63) is 77.5 Å². The van der Waals surface area contributed by atoms with Gasteiger partial charge in [0.15, 0.2) is 5.76 Å². The Morgan fingerprint density at radius 1 is 1.09 bits per heavy atom. The number of oxazole rings is 1. The van der Waals surface area contributed by atoms with E-state index in [1.165, 1.54) is 16.9 Å². The minimum atomic E-state index is -0.315. The van der Waals surface area contributed by atoms with Crippen LogP contribution < -0.4 is 4.90 Å². The standard InChI is InChI=1S/C26H25FN6O2/c1-16-6-7-22(33-28-9-10-29-33)21(12-16)25(34)32-14-19-8-11-31(15-23(19)32)26-30-17(2)24(35-26)18-4-3-5-20(27)13-18/h3-7,9-10,12-13,19,23H,8,11,14-15H2,1-2H3/t19-,23-/m0/s1. The van der Waals surface area contributed by atoms with Crippen LogP contribution in [0.25, 0.3) is 17.0 Å². The average Bonchev–Trinajstić information content (AvgIpc) is 3.50. The molecule has 35 heavy (non-hydrogen) atoms. The van der Waals surface area contributed by atoms with E-state index >= 15 is 0 Å². The number of aromatic nitrogens is 4. The lowest BCUT2D eigenvalue weighted by Gasteiger charge is -2.53. The summed E-state index contributed by atoms with van der Waals surface area (Å²) in [5.41, 5.74) is 3.65. The molecule has 2 atom stereocenters. The number of hydrogen-bond donors (Lipinski definition) is 0. The van der Waals surface area contributed by atoms with E-state index in [1.807, 2.05) is 43.0 Å². The highest BCUT2D eigenvalue weighted by molar-refractivity contribution is 5.98. The molecule has 9 heteroatoms. The zero-order valence-electron chi connectivity index (χ0n) is 19.6. The molecule has 8 nitrogen and oxygen atoms in total. The Kier molecular flexibility index (Phi) is 5.12. The van der Waals surface area contributed by atoms with Crippen molar-refractivity contribution in [1.82, 2.24) is 24.9 Å². The van der Waals surface area contributed by atoms with Crippen LogP contribution in [0.4, 0.5) is 10.4 Å². The number of nitrogens with zero attached hydrogens (tertiary/aromatic N) is 6. The van der Waals surface area contributed by atoms with Crippen LogP contribution in [-0.2, 0) is 0 Å². The number of halogens is 1. The lowest BCUT2D eigenvalue weighted by Crippen LogP contribution is -2.65. The third kappa shape index (κ3) is 3.77. The number of rotatable bonds is 4. The number of fused-ring (bicyclic) bond motifs is 1. The van der Waals surface area contributed by atoms with Crippen molar-refractivity contribution in [2.45, 2.75) is 26.3 Å². The number of carbonyl (C=O) groups excluding carboxylic acids is 1. The lowest BCUT2D eigenvalue weighted by atomic mass is 9.81. The summed E-state index contributed by atoms with van der Waals surface area (Å²) >= 11 is 0. The minimum Gasteiger partial charge on any atom is -0.423 e. The summed E-state index contributed by atoms with van der Waals surface area (Å²) in [4.78, 5) is 23.8. The zero-order valence-corrected chi connectivity index (χ0v) is 19.6. The van der Waals surface area contributed by atoms with Gasteiger partial charge in [-0.05, 0) is 44.5 Å². The number of anilines is 1. The van der Waals surface area contributed by atoms with Crippen LogP contribution in [0.15, 0.2) is 59.3 Å². The number of amides is 1. The van der Waals surface area contributed by atoms with Gasteiger partial charge in [-0.2, -0.15) is 20.0 Å². The average molecular weight is 473 g/mol. The van der Waals surface area contributed by atoms with Crippen LogP contribution in [0.2, 0.25) is 0 Å². The fraction of sp³-hybridized carbons (Fsp3) is 0.308. The summed E-state index contributed by atoms with van der Waals surface area (Å²) in [6, 6.07) is 12.7. The zero-order chi connectivity index (χ0) is 24.1. The highest BCUT2D eigenvalue weighted by Gasteiger charge is 2.46. The fourth-order valence-corrected chi connectivity index (χ4v) is 5.11. The molecule has 0 N–H and O–H groups in total. The second-order valence-electron chi connectivity index (χ2n) is 9.28. The largest absolute Gasteiger partial charge is 0.423 e. The van der Waals surface area contributed by atoms with E-state index in [2.05, 4.69) is 20.1 Å². The first-order valence-electron chi connectivity index (χ1n) is 11.7. The van der Waals surface area contributed by atoms with Gasteiger partial charge in [0.1, 0.15) is 5.82 Å². The Hall–Kier alpha value is -4.01. The van der Waals surface area contributed by atoms with Crippen molar-refractivity contribution in [1.29, 1.82) is 0 Å². The molecule has 1 amide bonds. The van der Waals surface area contributed by atoms with E-state index in [9.17, 15) is 9.18 Å². The number of aryl methyl sites for hydroxylation is 2. The van der Waals surface area contributed by atoms with Gasteiger partial charge in [0.25, 0.3) is 11.9 Å². The highest BCUT2D eigenvalue weighted by Crippen LogP contribution is 2.37. The van der Waals surface area contributed by atoms with E-state index in [-0.39, 0.29) is 17.8 Å². The number of benzene rings is 2. The normalized spacial score (nSPS) is 19.4. The molecule has 4 aromatic rings. The highest BCUT2D eigenvalue weighted by atomic mass is 19.1. The van der Waals surface area contributed by atoms with Crippen molar-refractivity contribution in [3.8, 4) is 17.0 Å². The van der Waals surface area contributed by atoms with Gasteiger partial charge in [-0.1, -0.05) is 23.8 Å². The molecular formula is C26H25FN6O2. The van der Waals surface area contributed by atoms with Crippen molar-refractivity contribution >= 4 is 11.9 Å². The molecule has 6 rings (SSSR count). The molecule has 2 aromatic heterocycles. The third-order valence-electron chi connectivity index (χ3n) is 6.97. The topological polar surface area (TPSA) is 80.3 Å². The van der Waals surface area contributed by atoms with Crippen molar-refractivity contribution in [2.24, 2.45) is 5.92 Å². The maximum absolute atomic E-state index is 13.7. The minimum absolute atomic E-state index is 0.0202. The van der Waals surface area contributed by atoms with Gasteiger partial charge in [-0.25, -0.2) is 4.39 Å². The summed E-state index contributed by atoms with van der Waals surface area (Å²) in [7, 11) is 0. The smallest absolute Gasteiger partial charge is 0.298 e. The van der Waals surface area contributed by atoms with Crippen molar-refractivity contribution in [2.75, 3.05) is 24.5 Å². The van der Waals surface area contributed by atoms with E-state index in [0.717, 1.165) is 25.1 Å². The fourth-order valence-electron chi connectivity index (χ4n) is 5.11. The molecule has 178 valence electrons. The molecule has 2 saturated heterocycles. The summed E-state index contributed by atoms with van der Waals surface area (Å²) in [6.07, 6.45) is 4.15. The Balaban J connectivity index is 1.24. The number of likely N-dealkylation sites (tertiary alicyclic amines) is 1. The monoisotopic (exact) mass is 472 g/mol. The predicted molar refractivity (Wildman–Crippen MR) is 128 cm³/mol. The maximum atomic E-state index is 13.7. The van der Waals surface area contributed by atoms with Crippen molar-refractivity contribution in [3.63, 3.8) is 0 Å². The molecule has 0 radical (unpaired) electrons. The van der Waals surface area contributed by atoms with Gasteiger partial charge in [0.2, 0.25) is 0 Å². The second-order valence-corrected chi connectivity index (χ2v) is 9.28. The molecule has 0 saturated carbocycles. The number of piperidine rings is 1. The Bertz CT molecular complexity index is 1400. The number of hydrogen-bond acceptors (Lipinski definition) is 6. The summed E-state index contributed by atoms with van der Waals surface area (Å²) in [5, 5.41) is 8.44. The molecule has 2 aliphatic heterocycles. The molecular weight excluding hydrogens is 447 g/mol. The molecule has 0 unspecified atom stereocenters. The SMILES string of the molecule is Cc1ccc(-n2nccn2)c(C(=O)N2C[C@@H]3CCN(c4nc(C)c(-c5cccc(F)c5)o4)C[C@@H]32)c1. The Labute approximate surface area is 202 Å². The first-order chi connectivity index (χ1) is 17.0. The Morgan fingerprint density at radius 2 is 1.91 bits per heavy atom. The first kappa shape index (κ1) is 21.5. The van der Waals surface area contributed by atoms with E-state index in [0.29, 0.717) is 46.7 Å². The van der Waals surface area contributed by atoms with Crippen LogP contribution in [0, 0.1) is 25.6 Å². The van der Waals surface area contributed by atoms with Gasteiger partial charge in [-0.3, -0.25) is 4.79 Å². The van der Waals surface area contributed by atoms with Gasteiger partial charge in [0.05, 0.1) is 35.4 Å². The molecule has 0 spiro atoms. The van der Waals surface area contributed by atoms with Gasteiger partial charge < -0.3 is 14.2 Å². The summed E-state index contributed by atoms with van der Waals surface area (Å²) < 4.78 is 19.8. The number of carbonyl (C=O) groups is 1. The molecule has 2 aliphatic rings. The molecule has 4 heterocycles. The van der Waals surface area contributed by atoms with E-state index < -0.39 is 0 Å². The van der Waals surface area contributed by atoms with Crippen LogP contribution in [0.1, 0.15) is 28.0 Å². The Morgan fingerprint density at radius 3 is 2.71 bits per heavy atom. The first-order valence-corrected chi connectivity index (χ1v) is 11.7. The summed E-state index contributed by atoms with van der Waals surface area (Å²) in [6.45, 7) is 6.01. The van der Waals surface area contributed by atoms with Crippen LogP contribution in [-0.4, -0.2) is 56.5 Å². The van der Waals surface area contributed by atoms with Gasteiger partial charge in [-0.15, -0.1) is 0 Å². The predicted octanol–water partition coefficient (Wildman–Crippen LogP) is 4.03. The van der Waals surface area contributed by atoms with Crippen LogP contribution in [0.5, 0.6) is 0 Å². The third-order valence-corrected chi connectivity index (χ3v) is 6.97. The van der Waals surface area contributed by atoms with E-state index in [1.54, 1.807) is 18.5 Å². The maximum Gasteiger partial charge on any atom is 0.298 e. The van der Waals surface area contributed by atoms with Crippen molar-refractivity contribution < 1.29 is 13.6 Å². The van der Waals surface area contributed by atoms with Crippen LogP contribution in [0.3, 0.4) is 0 Å². The molecule has 0 bridgehead atoms. The quantitative estimate of drug-likeness (QED) is 0.446. The second kappa shape index (κ2) is 8.33. The van der Waals surface area contributed by atoms with Gasteiger partial charge in [0, 0.05) is 31.1 Å². The van der Waals surface area contributed by atoms with E-state index in [4.69, 9.17) is 4.42 Å². The summed E-state index contributed by atoms with van der Waals surface area (Å²) in [5.74, 6) is 0.683. The molecule has 2 aromatic carbocycles. The lowest BCUT2D eigenvalue weighted by molar-refractivity contribution is 0.00722. The molecule has 2 fully saturated rings. The molecule has 0 aliphatic carbocycles.